The third-order valence-corrected chi connectivity index (χ3v) is 4.98. The van der Waals surface area contributed by atoms with Gasteiger partial charge in [0.2, 0.25) is 0 Å². The van der Waals surface area contributed by atoms with Crippen LogP contribution in [0.15, 0.2) is 64.4 Å². The summed E-state index contributed by atoms with van der Waals surface area (Å²) in [5, 5.41) is 21.6. The Morgan fingerprint density at radius 3 is 2.50 bits per heavy atom. The molecule has 1 atom stereocenters. The Morgan fingerprint density at radius 1 is 1.14 bits per heavy atom. The van der Waals surface area contributed by atoms with Gasteiger partial charge < -0.3 is 21.3 Å². The second kappa shape index (κ2) is 9.32. The zero-order valence-electron chi connectivity index (χ0n) is 15.1. The van der Waals surface area contributed by atoms with Crippen LogP contribution in [-0.4, -0.2) is 39.7 Å². The molecule has 0 saturated heterocycles. The van der Waals surface area contributed by atoms with Crippen molar-refractivity contribution >= 4 is 28.7 Å². The molecule has 1 aromatic heterocycles. The number of aliphatic imine (C=N–C) groups is 1. The third kappa shape index (κ3) is 5.07. The Hall–Kier alpha value is -2.94. The van der Waals surface area contributed by atoms with Gasteiger partial charge in [-0.15, -0.1) is 0 Å². The molecule has 28 heavy (non-hydrogen) atoms. The summed E-state index contributed by atoms with van der Waals surface area (Å²) in [7, 11) is 0. The van der Waals surface area contributed by atoms with Crippen molar-refractivity contribution < 1.29 is 10.2 Å². The first-order valence-corrected chi connectivity index (χ1v) is 9.59. The number of anilines is 2. The van der Waals surface area contributed by atoms with E-state index in [-0.39, 0.29) is 17.9 Å². The molecule has 146 valence electrons. The molecule has 0 aliphatic carbocycles. The summed E-state index contributed by atoms with van der Waals surface area (Å²) in [5.41, 5.74) is 8.96. The molecule has 3 rings (SSSR count). The Balaban J connectivity index is 1.73. The molecular formula is C20H22N4O3S. The van der Waals surface area contributed by atoms with Crippen molar-refractivity contribution in [2.75, 3.05) is 18.5 Å². The molecular weight excluding hydrogens is 376 g/mol. The van der Waals surface area contributed by atoms with Gasteiger partial charge in [0.1, 0.15) is 5.84 Å². The summed E-state index contributed by atoms with van der Waals surface area (Å²) < 4.78 is 2.69. The SMILES string of the molecule is NC(=NCC(O)CO)c1c(Cc2ccc(Nc3ccccc3)cc2)s[nH]c1=O. The van der Waals surface area contributed by atoms with Crippen molar-refractivity contribution in [1.82, 2.24) is 4.37 Å². The van der Waals surface area contributed by atoms with Crippen molar-refractivity contribution in [2.45, 2.75) is 12.5 Å². The Bertz CT molecular complexity index is 981. The summed E-state index contributed by atoms with van der Waals surface area (Å²) in [6, 6.07) is 17.8. The second-order valence-electron chi connectivity index (χ2n) is 6.26. The van der Waals surface area contributed by atoms with E-state index in [1.807, 2.05) is 54.6 Å². The predicted molar refractivity (Wildman–Crippen MR) is 113 cm³/mol. The van der Waals surface area contributed by atoms with Gasteiger partial charge in [-0.05, 0) is 29.8 Å². The molecule has 0 fully saturated rings. The molecule has 1 unspecified atom stereocenters. The zero-order chi connectivity index (χ0) is 19.9. The van der Waals surface area contributed by atoms with Crippen molar-refractivity contribution in [3.8, 4) is 0 Å². The fourth-order valence-corrected chi connectivity index (χ4v) is 3.50. The van der Waals surface area contributed by atoms with E-state index in [2.05, 4.69) is 14.7 Å². The number of nitrogens with two attached hydrogens (primary N) is 1. The van der Waals surface area contributed by atoms with Gasteiger partial charge in [0.05, 0.1) is 24.8 Å². The van der Waals surface area contributed by atoms with E-state index >= 15 is 0 Å². The molecule has 1 heterocycles. The number of nitrogens with zero attached hydrogens (tertiary/aromatic N) is 1. The van der Waals surface area contributed by atoms with Gasteiger partial charge in [0.15, 0.2) is 0 Å². The Labute approximate surface area is 166 Å². The van der Waals surface area contributed by atoms with Crippen molar-refractivity contribution in [3.05, 3.63) is 81.0 Å². The molecule has 0 aliphatic rings. The summed E-state index contributed by atoms with van der Waals surface area (Å²) in [6.45, 7) is -0.468. The third-order valence-electron chi connectivity index (χ3n) is 4.09. The van der Waals surface area contributed by atoms with Crippen LogP contribution in [-0.2, 0) is 6.42 Å². The maximum Gasteiger partial charge on any atom is 0.269 e. The first-order chi connectivity index (χ1) is 13.6. The highest BCUT2D eigenvalue weighted by Crippen LogP contribution is 2.20. The lowest BCUT2D eigenvalue weighted by Gasteiger charge is -2.08. The van der Waals surface area contributed by atoms with E-state index in [0.29, 0.717) is 12.0 Å². The van der Waals surface area contributed by atoms with Gasteiger partial charge in [-0.2, -0.15) is 0 Å². The first-order valence-electron chi connectivity index (χ1n) is 8.77. The van der Waals surface area contributed by atoms with Crippen LogP contribution in [0.2, 0.25) is 0 Å². The van der Waals surface area contributed by atoms with Crippen LogP contribution in [0.3, 0.4) is 0 Å². The normalized spacial score (nSPS) is 12.7. The smallest absolute Gasteiger partial charge is 0.269 e. The van der Waals surface area contributed by atoms with E-state index < -0.39 is 12.7 Å². The second-order valence-corrected chi connectivity index (χ2v) is 7.16. The fourth-order valence-electron chi connectivity index (χ4n) is 2.64. The molecule has 0 aliphatic heterocycles. The molecule has 8 heteroatoms. The van der Waals surface area contributed by atoms with Gasteiger partial charge in [-0.3, -0.25) is 14.2 Å². The minimum Gasteiger partial charge on any atom is -0.394 e. The maximum absolute atomic E-state index is 12.1. The number of aliphatic hydroxyl groups is 2. The minimum absolute atomic E-state index is 0.0586. The number of aliphatic hydroxyl groups excluding tert-OH is 2. The van der Waals surface area contributed by atoms with Crippen LogP contribution in [0.4, 0.5) is 11.4 Å². The lowest BCUT2D eigenvalue weighted by Crippen LogP contribution is -2.25. The molecule has 0 radical (unpaired) electrons. The largest absolute Gasteiger partial charge is 0.394 e. The van der Waals surface area contributed by atoms with Crippen molar-refractivity contribution in [1.29, 1.82) is 0 Å². The summed E-state index contributed by atoms with van der Waals surface area (Å²) in [6.07, 6.45) is -0.465. The molecule has 0 saturated carbocycles. The van der Waals surface area contributed by atoms with Gasteiger partial charge in [-0.1, -0.05) is 41.9 Å². The number of benzene rings is 2. The first kappa shape index (κ1) is 19.8. The van der Waals surface area contributed by atoms with Crippen LogP contribution in [0, 0.1) is 0 Å². The number of hydrogen-bond acceptors (Lipinski definition) is 6. The number of aromatic amines is 1. The van der Waals surface area contributed by atoms with Crippen LogP contribution in [0.5, 0.6) is 0 Å². The average molecular weight is 398 g/mol. The Kier molecular flexibility index (Phi) is 6.59. The van der Waals surface area contributed by atoms with E-state index in [0.717, 1.165) is 21.8 Å². The van der Waals surface area contributed by atoms with Gasteiger partial charge in [-0.25, -0.2) is 0 Å². The summed E-state index contributed by atoms with van der Waals surface area (Å²) in [5.74, 6) is 0.0624. The summed E-state index contributed by atoms with van der Waals surface area (Å²) in [4.78, 5) is 16.9. The lowest BCUT2D eigenvalue weighted by atomic mass is 10.1. The number of rotatable bonds is 8. The topological polar surface area (TPSA) is 124 Å². The molecule has 3 aromatic rings. The number of H-pyrrole nitrogens is 1. The highest BCUT2D eigenvalue weighted by atomic mass is 32.1. The predicted octanol–water partition coefficient (Wildman–Crippen LogP) is 1.83. The average Bonchev–Trinajstić information content (AvgIpc) is 3.08. The molecule has 2 aromatic carbocycles. The molecule has 7 nitrogen and oxygen atoms in total. The van der Waals surface area contributed by atoms with E-state index in [1.165, 1.54) is 11.5 Å². The monoisotopic (exact) mass is 398 g/mol. The lowest BCUT2D eigenvalue weighted by molar-refractivity contribution is 0.102. The molecule has 6 N–H and O–H groups in total. The van der Waals surface area contributed by atoms with E-state index in [9.17, 15) is 9.90 Å². The van der Waals surface area contributed by atoms with Crippen LogP contribution in [0.25, 0.3) is 0 Å². The Morgan fingerprint density at radius 2 is 1.82 bits per heavy atom. The van der Waals surface area contributed by atoms with E-state index in [1.54, 1.807) is 0 Å². The highest BCUT2D eigenvalue weighted by molar-refractivity contribution is 7.06. The van der Waals surface area contributed by atoms with Crippen LogP contribution in [0.1, 0.15) is 16.0 Å². The van der Waals surface area contributed by atoms with Gasteiger partial charge >= 0.3 is 0 Å². The number of aromatic nitrogens is 1. The van der Waals surface area contributed by atoms with Crippen molar-refractivity contribution in [2.24, 2.45) is 10.7 Å². The molecule has 0 amide bonds. The quantitative estimate of drug-likeness (QED) is 0.293. The van der Waals surface area contributed by atoms with E-state index in [4.69, 9.17) is 10.8 Å². The van der Waals surface area contributed by atoms with Crippen molar-refractivity contribution in [3.63, 3.8) is 0 Å². The maximum atomic E-state index is 12.1. The zero-order valence-corrected chi connectivity index (χ0v) is 15.9. The number of amidine groups is 1. The standard InChI is InChI=1S/C20H22N4O3S/c21-19(22-11-16(26)12-25)18-17(28-24-20(18)27)10-13-6-8-15(9-7-13)23-14-4-2-1-3-5-14/h1-9,16,23,25-26H,10-12H2,(H2,21,22)(H,24,27). The number of hydrogen-bond donors (Lipinski definition) is 5. The van der Waals surface area contributed by atoms with Crippen LogP contribution < -0.4 is 16.6 Å². The summed E-state index contributed by atoms with van der Waals surface area (Å²) >= 11 is 1.22. The van der Waals surface area contributed by atoms with Crippen LogP contribution >= 0.6 is 11.5 Å². The molecule has 0 bridgehead atoms. The van der Waals surface area contributed by atoms with Gasteiger partial charge in [0.25, 0.3) is 5.56 Å². The fraction of sp³-hybridized carbons (Fsp3) is 0.200. The minimum atomic E-state index is -0.996. The highest BCUT2D eigenvalue weighted by Gasteiger charge is 2.15. The molecule has 0 spiro atoms. The number of nitrogens with one attached hydrogen (secondary N) is 2. The van der Waals surface area contributed by atoms with Gasteiger partial charge in [0, 0.05) is 22.7 Å². The number of para-hydroxylation sites is 1.